The van der Waals surface area contributed by atoms with Crippen molar-refractivity contribution in [1.29, 1.82) is 0 Å². The molecule has 0 saturated heterocycles. The van der Waals surface area contributed by atoms with Crippen molar-refractivity contribution in [2.75, 3.05) is 14.2 Å². The minimum absolute atomic E-state index is 0.131. The lowest BCUT2D eigenvalue weighted by Crippen LogP contribution is -2.15. The number of esters is 2. The average Bonchev–Trinajstić information content (AvgIpc) is 3.76. The molecule has 5 heterocycles. The van der Waals surface area contributed by atoms with Crippen molar-refractivity contribution in [3.8, 4) is 0 Å². The maximum absolute atomic E-state index is 11.9. The van der Waals surface area contributed by atoms with Crippen molar-refractivity contribution in [2.45, 2.75) is 137 Å². The fraction of sp³-hybridized carbons (Fsp3) is 0.535. The minimum Gasteiger partial charge on any atom is -0.469 e. The van der Waals surface area contributed by atoms with Gasteiger partial charge in [-0.05, 0) is 136 Å². The standard InChI is InChI=1S/C43H58N4O4/c1-10-11-12-19-32-38-25-43(6,7)39(46-38)24-35-29(5)31(18-14-16-21-41(49)51-9)37(45-35)23-36-30(17-13-15-20-40(48)50-8)28(4)34(44-36)22-33-26(2)27(3)42(32)47-33/h22-24,44-45H,10-21,25H2,1-9H3. The highest BCUT2D eigenvalue weighted by Crippen LogP contribution is 2.38. The number of aromatic nitrogens is 4. The first kappa shape index (κ1) is 38.0. The Balaban J connectivity index is 1.80. The number of H-pyrrole nitrogens is 2. The molecule has 0 amide bonds. The van der Waals surface area contributed by atoms with Crippen LogP contribution in [0.5, 0.6) is 0 Å². The Hall–Kier alpha value is -4.20. The van der Waals surface area contributed by atoms with Crippen LogP contribution in [0.1, 0.15) is 143 Å². The smallest absolute Gasteiger partial charge is 0.305 e. The molecule has 8 heteroatoms. The molecule has 2 aliphatic rings. The van der Waals surface area contributed by atoms with E-state index in [1.54, 1.807) is 0 Å². The quantitative estimate of drug-likeness (QED) is 0.128. The van der Waals surface area contributed by atoms with Crippen LogP contribution in [0.2, 0.25) is 0 Å². The number of fused-ring (bicyclic) bond motifs is 8. The van der Waals surface area contributed by atoms with Crippen LogP contribution in [-0.4, -0.2) is 46.1 Å². The molecule has 0 aromatic carbocycles. The molecule has 2 N–H and O–H groups in total. The SMILES string of the molecule is CCCCCc1c2nc(cc3[nH]c(cc4[nH]c(cc5nc1C(C)=C5C)c(C)c4CCCCC(=O)OC)c(CCCCC(=O)OC)c3C)C(C)(C)C2. The Morgan fingerprint density at radius 3 is 1.76 bits per heavy atom. The van der Waals surface area contributed by atoms with Crippen LogP contribution in [0, 0.1) is 13.8 Å². The molecule has 274 valence electrons. The van der Waals surface area contributed by atoms with E-state index in [0.717, 1.165) is 109 Å². The van der Waals surface area contributed by atoms with Crippen molar-refractivity contribution < 1.29 is 19.1 Å². The van der Waals surface area contributed by atoms with Crippen molar-refractivity contribution in [1.82, 2.24) is 19.9 Å². The van der Waals surface area contributed by atoms with E-state index in [4.69, 9.17) is 19.4 Å². The molecule has 0 spiro atoms. The molecule has 3 aromatic rings. The number of ether oxygens (including phenoxy) is 2. The van der Waals surface area contributed by atoms with Gasteiger partial charge in [0.1, 0.15) is 0 Å². The molecular formula is C43H58N4O4. The number of carbonyl (C=O) groups is 2. The number of hydrogen-bond donors (Lipinski definition) is 2. The number of unbranched alkanes of at least 4 members (excludes halogenated alkanes) is 4. The molecule has 5 rings (SSSR count). The Morgan fingerprint density at radius 1 is 0.686 bits per heavy atom. The normalized spacial score (nSPS) is 13.9. The van der Waals surface area contributed by atoms with Crippen LogP contribution in [0.25, 0.3) is 33.2 Å². The summed E-state index contributed by atoms with van der Waals surface area (Å²) in [5.41, 5.74) is 17.1. The number of carbonyl (C=O) groups excluding carboxylic acids is 2. The van der Waals surface area contributed by atoms with Crippen LogP contribution in [0.4, 0.5) is 0 Å². The zero-order chi connectivity index (χ0) is 36.9. The summed E-state index contributed by atoms with van der Waals surface area (Å²) in [6.07, 6.45) is 11.1. The zero-order valence-electron chi connectivity index (χ0n) is 32.5. The van der Waals surface area contributed by atoms with Gasteiger partial charge in [0.25, 0.3) is 0 Å². The number of aromatic amines is 2. The maximum atomic E-state index is 11.9. The van der Waals surface area contributed by atoms with Gasteiger partial charge in [0, 0.05) is 58.1 Å². The molecule has 0 fully saturated rings. The fourth-order valence-electron chi connectivity index (χ4n) is 7.59. The zero-order valence-corrected chi connectivity index (χ0v) is 32.5. The maximum Gasteiger partial charge on any atom is 0.305 e. The molecule has 8 nitrogen and oxygen atoms in total. The molecule has 0 saturated carbocycles. The van der Waals surface area contributed by atoms with Gasteiger partial charge in [0.2, 0.25) is 0 Å². The lowest BCUT2D eigenvalue weighted by atomic mass is 9.85. The summed E-state index contributed by atoms with van der Waals surface area (Å²) in [7, 11) is 2.89. The van der Waals surface area contributed by atoms with Gasteiger partial charge in [-0.15, -0.1) is 0 Å². The van der Waals surface area contributed by atoms with E-state index in [9.17, 15) is 9.59 Å². The second-order valence-corrected chi connectivity index (χ2v) is 15.1. The number of allylic oxidation sites excluding steroid dienone is 2. The Kier molecular flexibility index (Phi) is 12.3. The first-order chi connectivity index (χ1) is 24.4. The highest BCUT2D eigenvalue weighted by molar-refractivity contribution is 5.92. The number of nitrogens with zero attached hydrogens (tertiary/aromatic N) is 2. The summed E-state index contributed by atoms with van der Waals surface area (Å²) in [6, 6.07) is 6.74. The van der Waals surface area contributed by atoms with Gasteiger partial charge >= 0.3 is 11.9 Å². The van der Waals surface area contributed by atoms with Crippen molar-refractivity contribution in [3.05, 3.63) is 68.8 Å². The third kappa shape index (κ3) is 8.48. The number of aryl methyl sites for hydroxylation is 4. The van der Waals surface area contributed by atoms with E-state index in [1.165, 1.54) is 59.6 Å². The highest BCUT2D eigenvalue weighted by atomic mass is 16.5. The Morgan fingerprint density at radius 2 is 1.22 bits per heavy atom. The topological polar surface area (TPSA) is 110 Å². The molecule has 3 aromatic heterocycles. The molecule has 51 heavy (non-hydrogen) atoms. The molecule has 2 aliphatic heterocycles. The van der Waals surface area contributed by atoms with Gasteiger partial charge in [0.15, 0.2) is 0 Å². The lowest BCUT2D eigenvalue weighted by molar-refractivity contribution is -0.141. The van der Waals surface area contributed by atoms with Crippen LogP contribution in [-0.2, 0) is 50.2 Å². The Bertz CT molecular complexity index is 1980. The second kappa shape index (κ2) is 16.4. The van der Waals surface area contributed by atoms with Gasteiger partial charge in [-0.1, -0.05) is 33.6 Å². The summed E-state index contributed by atoms with van der Waals surface area (Å²) in [6.45, 7) is 15.7. The predicted molar refractivity (Wildman–Crippen MR) is 208 cm³/mol. The monoisotopic (exact) mass is 694 g/mol. The fourth-order valence-corrected chi connectivity index (χ4v) is 7.59. The molecule has 0 atom stereocenters. The second-order valence-electron chi connectivity index (χ2n) is 15.1. The van der Waals surface area contributed by atoms with Crippen LogP contribution >= 0.6 is 0 Å². The summed E-state index contributed by atoms with van der Waals surface area (Å²) >= 11 is 0. The third-order valence-corrected chi connectivity index (χ3v) is 11.1. The third-order valence-electron chi connectivity index (χ3n) is 11.1. The molecule has 0 radical (unpaired) electrons. The van der Waals surface area contributed by atoms with E-state index in [1.807, 2.05) is 0 Å². The summed E-state index contributed by atoms with van der Waals surface area (Å²) < 4.78 is 9.80. The lowest BCUT2D eigenvalue weighted by Gasteiger charge is -2.16. The van der Waals surface area contributed by atoms with Crippen LogP contribution in [0.3, 0.4) is 0 Å². The minimum atomic E-state index is -0.170. The van der Waals surface area contributed by atoms with Crippen LogP contribution in [0.15, 0.2) is 18.2 Å². The van der Waals surface area contributed by atoms with E-state index in [-0.39, 0.29) is 17.4 Å². The van der Waals surface area contributed by atoms with Gasteiger partial charge in [-0.2, -0.15) is 0 Å². The first-order valence-corrected chi connectivity index (χ1v) is 18.9. The highest BCUT2D eigenvalue weighted by Gasteiger charge is 2.31. The number of nitrogens with one attached hydrogen (secondary N) is 2. The van der Waals surface area contributed by atoms with Gasteiger partial charge in [-0.25, -0.2) is 4.98 Å². The van der Waals surface area contributed by atoms with E-state index in [2.05, 4.69) is 76.6 Å². The van der Waals surface area contributed by atoms with E-state index < -0.39 is 0 Å². The average molecular weight is 695 g/mol. The molecule has 0 unspecified atom stereocenters. The molecular weight excluding hydrogens is 636 g/mol. The van der Waals surface area contributed by atoms with Gasteiger partial charge in [0.05, 0.1) is 25.6 Å². The first-order valence-electron chi connectivity index (χ1n) is 18.9. The number of methoxy groups -OCH3 is 2. The van der Waals surface area contributed by atoms with Crippen molar-refractivity contribution in [2.24, 2.45) is 0 Å². The largest absolute Gasteiger partial charge is 0.469 e. The van der Waals surface area contributed by atoms with Crippen LogP contribution < -0.4 is 0 Å². The summed E-state index contributed by atoms with van der Waals surface area (Å²) in [5.74, 6) is -0.339. The Labute approximate surface area is 303 Å². The van der Waals surface area contributed by atoms with E-state index >= 15 is 0 Å². The van der Waals surface area contributed by atoms with Gasteiger partial charge < -0.3 is 19.4 Å². The summed E-state index contributed by atoms with van der Waals surface area (Å²) in [5, 5.41) is 0. The molecule has 8 bridgehead atoms. The predicted octanol–water partition coefficient (Wildman–Crippen LogP) is 9.91. The van der Waals surface area contributed by atoms with Crippen molar-refractivity contribution >= 4 is 45.2 Å². The molecule has 0 aliphatic carbocycles. The van der Waals surface area contributed by atoms with Gasteiger partial charge in [-0.3, -0.25) is 14.6 Å². The number of hydrogen-bond acceptors (Lipinski definition) is 6. The number of rotatable bonds is 14. The summed E-state index contributed by atoms with van der Waals surface area (Å²) in [4.78, 5) is 42.1. The van der Waals surface area contributed by atoms with Crippen molar-refractivity contribution in [3.63, 3.8) is 0 Å². The van der Waals surface area contributed by atoms with E-state index in [0.29, 0.717) is 12.8 Å².